The Kier molecular flexibility index (Phi) is 6.39. The average molecular weight is 417 g/mol. The van der Waals surface area contributed by atoms with Gasteiger partial charge in [-0.15, -0.1) is 0 Å². The maximum atomic E-state index is 12.6. The molecule has 2 rings (SSSR count). The highest BCUT2D eigenvalue weighted by atomic mass is 35.5. The Morgan fingerprint density at radius 3 is 2.50 bits per heavy atom. The Morgan fingerprint density at radius 1 is 1.19 bits per heavy atom. The number of nitrogens with zero attached hydrogens (tertiary/aromatic N) is 1. The van der Waals surface area contributed by atoms with Crippen LogP contribution in [0.15, 0.2) is 42.5 Å². The molecule has 0 aliphatic carbocycles. The molecule has 0 saturated carbocycles. The van der Waals surface area contributed by atoms with E-state index in [1.54, 1.807) is 24.3 Å². The van der Waals surface area contributed by atoms with E-state index in [2.05, 4.69) is 5.32 Å². The number of hydrogen-bond donors (Lipinski definition) is 1. The van der Waals surface area contributed by atoms with Gasteiger partial charge in [0.1, 0.15) is 11.8 Å². The van der Waals surface area contributed by atoms with Crippen molar-refractivity contribution in [2.45, 2.75) is 13.0 Å². The van der Waals surface area contributed by atoms with Gasteiger partial charge in [-0.2, -0.15) is 0 Å². The second-order valence-corrected chi connectivity index (χ2v) is 8.25. The van der Waals surface area contributed by atoms with Gasteiger partial charge in [0.15, 0.2) is 0 Å². The number of amides is 1. The van der Waals surface area contributed by atoms with Crippen LogP contribution in [0.3, 0.4) is 0 Å². The zero-order valence-electron chi connectivity index (χ0n) is 14.4. The number of sulfonamides is 1. The van der Waals surface area contributed by atoms with Crippen LogP contribution in [-0.2, 0) is 14.8 Å². The molecule has 140 valence electrons. The van der Waals surface area contributed by atoms with E-state index in [1.807, 2.05) is 0 Å². The third kappa shape index (κ3) is 4.81. The van der Waals surface area contributed by atoms with E-state index in [4.69, 9.17) is 27.9 Å². The van der Waals surface area contributed by atoms with Crippen LogP contribution in [0.25, 0.3) is 0 Å². The lowest BCUT2D eigenvalue weighted by molar-refractivity contribution is -0.116. The number of carbonyl (C=O) groups excluding carboxylic acids is 1. The summed E-state index contributed by atoms with van der Waals surface area (Å²) in [5.74, 6) is 0.0352. The number of methoxy groups -OCH3 is 1. The molecule has 1 atom stereocenters. The van der Waals surface area contributed by atoms with E-state index >= 15 is 0 Å². The molecule has 6 nitrogen and oxygen atoms in total. The summed E-state index contributed by atoms with van der Waals surface area (Å²) in [5.41, 5.74) is 0.613. The van der Waals surface area contributed by atoms with Crippen LogP contribution in [0.1, 0.15) is 6.92 Å². The van der Waals surface area contributed by atoms with Crippen LogP contribution < -0.4 is 14.4 Å². The zero-order valence-corrected chi connectivity index (χ0v) is 16.7. The summed E-state index contributed by atoms with van der Waals surface area (Å²) in [6.45, 7) is 1.47. The highest BCUT2D eigenvalue weighted by Gasteiger charge is 2.30. The Hall–Kier alpha value is -1.96. The van der Waals surface area contributed by atoms with Gasteiger partial charge in [0.25, 0.3) is 0 Å². The molecule has 0 fully saturated rings. The van der Waals surface area contributed by atoms with Crippen LogP contribution >= 0.6 is 23.2 Å². The molecule has 0 aromatic heterocycles. The van der Waals surface area contributed by atoms with Gasteiger partial charge in [-0.05, 0) is 37.3 Å². The smallest absolute Gasteiger partial charge is 0.247 e. The molecule has 26 heavy (non-hydrogen) atoms. The minimum absolute atomic E-state index is 0.134. The fourth-order valence-corrected chi connectivity index (χ4v) is 3.99. The predicted molar refractivity (Wildman–Crippen MR) is 105 cm³/mol. The third-order valence-electron chi connectivity index (χ3n) is 3.57. The van der Waals surface area contributed by atoms with Gasteiger partial charge >= 0.3 is 0 Å². The number of hydrogen-bond acceptors (Lipinski definition) is 4. The van der Waals surface area contributed by atoms with Crippen molar-refractivity contribution >= 4 is 50.5 Å². The minimum atomic E-state index is -3.80. The molecule has 0 bridgehead atoms. The van der Waals surface area contributed by atoms with Gasteiger partial charge in [0.2, 0.25) is 15.9 Å². The summed E-state index contributed by atoms with van der Waals surface area (Å²) in [6.07, 6.45) is 1.000. The van der Waals surface area contributed by atoms with Crippen molar-refractivity contribution in [1.29, 1.82) is 0 Å². The maximum absolute atomic E-state index is 12.6. The van der Waals surface area contributed by atoms with Crippen molar-refractivity contribution in [3.8, 4) is 5.75 Å². The van der Waals surface area contributed by atoms with Gasteiger partial charge in [-0.3, -0.25) is 9.10 Å². The van der Waals surface area contributed by atoms with Crippen LogP contribution in [0.2, 0.25) is 10.0 Å². The van der Waals surface area contributed by atoms with E-state index < -0.39 is 22.0 Å². The second kappa shape index (κ2) is 8.16. The lowest BCUT2D eigenvalue weighted by Crippen LogP contribution is -2.45. The third-order valence-corrected chi connectivity index (χ3v) is 5.35. The van der Waals surface area contributed by atoms with E-state index in [0.717, 1.165) is 10.6 Å². The van der Waals surface area contributed by atoms with Gasteiger partial charge in [0.05, 0.1) is 24.1 Å². The topological polar surface area (TPSA) is 75.7 Å². The second-order valence-electron chi connectivity index (χ2n) is 5.55. The predicted octanol–water partition coefficient (Wildman–Crippen LogP) is 3.80. The number of anilines is 2. The van der Waals surface area contributed by atoms with Crippen molar-refractivity contribution in [2.75, 3.05) is 23.0 Å². The van der Waals surface area contributed by atoms with E-state index in [1.165, 1.54) is 32.2 Å². The molecule has 0 saturated heterocycles. The quantitative estimate of drug-likeness (QED) is 0.776. The van der Waals surface area contributed by atoms with Gasteiger partial charge < -0.3 is 10.1 Å². The zero-order chi connectivity index (χ0) is 19.5. The summed E-state index contributed by atoms with van der Waals surface area (Å²) in [4.78, 5) is 12.6. The Balaban J connectivity index is 2.36. The summed E-state index contributed by atoms with van der Waals surface area (Å²) in [6, 6.07) is 10.1. The molecule has 0 spiro atoms. The number of ether oxygens (including phenoxy) is 1. The number of halogens is 2. The van der Waals surface area contributed by atoms with E-state index in [-0.39, 0.29) is 10.7 Å². The van der Waals surface area contributed by atoms with E-state index in [9.17, 15) is 13.2 Å². The van der Waals surface area contributed by atoms with Gasteiger partial charge in [-0.25, -0.2) is 8.42 Å². The molecule has 0 aliphatic rings. The Morgan fingerprint density at radius 2 is 1.88 bits per heavy atom. The summed E-state index contributed by atoms with van der Waals surface area (Å²) < 4.78 is 30.7. The fraction of sp³-hybridized carbons (Fsp3) is 0.235. The van der Waals surface area contributed by atoms with Crippen LogP contribution in [0, 0.1) is 0 Å². The van der Waals surface area contributed by atoms with Crippen molar-refractivity contribution in [2.24, 2.45) is 0 Å². The average Bonchev–Trinajstić information content (AvgIpc) is 2.57. The number of benzene rings is 2. The number of nitrogens with one attached hydrogen (secondary N) is 1. The van der Waals surface area contributed by atoms with Crippen molar-refractivity contribution in [3.05, 3.63) is 52.5 Å². The van der Waals surface area contributed by atoms with Gasteiger partial charge in [-0.1, -0.05) is 29.3 Å². The molecular formula is C17H18Cl2N2O4S. The molecule has 0 unspecified atom stereocenters. The molecular weight excluding hydrogens is 399 g/mol. The number of rotatable bonds is 6. The summed E-state index contributed by atoms with van der Waals surface area (Å²) >= 11 is 12.1. The molecule has 1 amide bonds. The van der Waals surface area contributed by atoms with Crippen LogP contribution in [0.4, 0.5) is 11.4 Å². The van der Waals surface area contributed by atoms with Crippen LogP contribution in [0.5, 0.6) is 5.75 Å². The Bertz CT molecular complexity index is 919. The van der Waals surface area contributed by atoms with Crippen molar-refractivity contribution in [3.63, 3.8) is 0 Å². The summed E-state index contributed by atoms with van der Waals surface area (Å²) in [7, 11) is -2.29. The fourth-order valence-electron chi connectivity index (χ4n) is 2.38. The standard InChI is InChI=1S/C17H18Cl2N2O4S/c1-11(17(22)20-13-5-4-6-14(10-13)25-2)21(26(3,23)24)16-9-12(18)7-8-15(16)19/h4-11H,1-3H3,(H,20,22)/t11-/m1/s1. The molecule has 0 radical (unpaired) electrons. The lowest BCUT2D eigenvalue weighted by Gasteiger charge is -2.29. The molecule has 2 aromatic carbocycles. The largest absolute Gasteiger partial charge is 0.497 e. The maximum Gasteiger partial charge on any atom is 0.247 e. The van der Waals surface area contributed by atoms with Crippen molar-refractivity contribution < 1.29 is 17.9 Å². The summed E-state index contributed by atoms with van der Waals surface area (Å²) in [5, 5.41) is 3.14. The molecule has 0 aliphatic heterocycles. The van der Waals surface area contributed by atoms with E-state index in [0.29, 0.717) is 16.5 Å². The highest BCUT2D eigenvalue weighted by Crippen LogP contribution is 2.32. The van der Waals surface area contributed by atoms with Crippen molar-refractivity contribution in [1.82, 2.24) is 0 Å². The first-order valence-corrected chi connectivity index (χ1v) is 10.1. The number of carbonyl (C=O) groups is 1. The first-order chi connectivity index (χ1) is 12.1. The molecule has 0 heterocycles. The molecule has 9 heteroatoms. The molecule has 2 aromatic rings. The first-order valence-electron chi connectivity index (χ1n) is 7.53. The highest BCUT2D eigenvalue weighted by molar-refractivity contribution is 7.92. The first kappa shape index (κ1) is 20.4. The van der Waals surface area contributed by atoms with Gasteiger partial charge in [0, 0.05) is 16.8 Å². The monoisotopic (exact) mass is 416 g/mol. The molecule has 1 N–H and O–H groups in total. The Labute approximate surface area is 162 Å². The SMILES string of the molecule is COc1cccc(NC(=O)[C@@H](C)N(c2cc(Cl)ccc2Cl)S(C)(=O)=O)c1. The minimum Gasteiger partial charge on any atom is -0.497 e. The van der Waals surface area contributed by atoms with Crippen LogP contribution in [-0.4, -0.2) is 33.7 Å². The normalized spacial score (nSPS) is 12.3. The lowest BCUT2D eigenvalue weighted by atomic mass is 10.2.